The third-order valence-corrected chi connectivity index (χ3v) is 10.4. The predicted octanol–water partition coefficient (Wildman–Crippen LogP) is 3.79. The third-order valence-electron chi connectivity index (χ3n) is 8.45. The lowest BCUT2D eigenvalue weighted by atomic mass is 10.1. The summed E-state index contributed by atoms with van der Waals surface area (Å²) in [5, 5.41) is 17.8. The van der Waals surface area contributed by atoms with E-state index in [-0.39, 0.29) is 11.8 Å². The van der Waals surface area contributed by atoms with Gasteiger partial charge in [0.25, 0.3) is 0 Å². The Kier molecular flexibility index (Phi) is 9.88. The van der Waals surface area contributed by atoms with Crippen LogP contribution in [0.3, 0.4) is 0 Å². The van der Waals surface area contributed by atoms with Crippen LogP contribution in [0.15, 0.2) is 64.6 Å². The maximum Gasteiger partial charge on any atom is 0.323 e. The Bertz CT molecular complexity index is 1820. The number of hydrogen-bond acceptors (Lipinski definition) is 11. The van der Waals surface area contributed by atoms with Crippen LogP contribution in [0.4, 0.5) is 14.3 Å². The summed E-state index contributed by atoms with van der Waals surface area (Å²) in [4.78, 5) is 28.3. The number of piperazine rings is 1. The number of thiazole rings is 1. The molecule has 2 fully saturated rings. The van der Waals surface area contributed by atoms with Crippen LogP contribution in [-0.2, 0) is 4.74 Å². The van der Waals surface area contributed by atoms with Crippen molar-refractivity contribution in [3.8, 4) is 11.3 Å². The number of ether oxygens (including phenoxy) is 1. The zero-order valence-electron chi connectivity index (χ0n) is 26.2. The Hall–Kier alpha value is -3.73. The summed E-state index contributed by atoms with van der Waals surface area (Å²) < 4.78 is 21.7. The van der Waals surface area contributed by atoms with E-state index in [0.717, 1.165) is 73.0 Å². The van der Waals surface area contributed by atoms with Gasteiger partial charge in [-0.05, 0) is 73.4 Å². The summed E-state index contributed by atoms with van der Waals surface area (Å²) in [6.45, 7) is 9.97. The lowest BCUT2D eigenvalue weighted by molar-refractivity contribution is 0.0393. The standard InChI is InChI=1S/C32H37FN10O2S2/c1-39-12-14-40(15-13-39)11-10-34-30(44)42(17-16-41-18-20-45-21-19-41)31-35-27-7-6-25(22-28(27)47-31)46-32-37-36-29-9-8-26(38-43(29)32)23-2-4-24(33)5-3-23/h2-9,22H,10-21H2,1H3,(H,34,44). The molecule has 5 aromatic rings. The highest BCUT2D eigenvalue weighted by Crippen LogP contribution is 2.34. The zero-order valence-corrected chi connectivity index (χ0v) is 27.9. The van der Waals surface area contributed by atoms with Crippen LogP contribution < -0.4 is 10.2 Å². The Morgan fingerprint density at radius 2 is 1.77 bits per heavy atom. The second kappa shape index (κ2) is 14.6. The summed E-state index contributed by atoms with van der Waals surface area (Å²) in [5.41, 5.74) is 2.95. The number of rotatable bonds is 10. The first kappa shape index (κ1) is 31.8. The monoisotopic (exact) mass is 676 g/mol. The molecule has 0 spiro atoms. The lowest BCUT2D eigenvalue weighted by Gasteiger charge is -2.32. The molecule has 1 N–H and O–H groups in total. The maximum atomic E-state index is 13.6. The van der Waals surface area contributed by atoms with Gasteiger partial charge in [0.1, 0.15) is 5.82 Å². The number of morpholine rings is 1. The van der Waals surface area contributed by atoms with Crippen LogP contribution in [0.25, 0.3) is 27.1 Å². The topological polar surface area (TPSA) is 107 Å². The largest absolute Gasteiger partial charge is 0.379 e. The molecule has 15 heteroatoms. The van der Waals surface area contributed by atoms with E-state index in [1.165, 1.54) is 35.2 Å². The first-order chi connectivity index (χ1) is 23.0. The fraction of sp³-hybridized carbons (Fsp3) is 0.406. The van der Waals surface area contributed by atoms with Crippen molar-refractivity contribution >= 4 is 50.1 Å². The van der Waals surface area contributed by atoms with Crippen LogP contribution >= 0.6 is 23.1 Å². The molecule has 2 aliphatic heterocycles. The molecule has 246 valence electrons. The van der Waals surface area contributed by atoms with Crippen LogP contribution in [-0.4, -0.2) is 131 Å². The summed E-state index contributed by atoms with van der Waals surface area (Å²) in [6, 6.07) is 15.9. The Morgan fingerprint density at radius 1 is 0.979 bits per heavy atom. The highest BCUT2D eigenvalue weighted by molar-refractivity contribution is 7.99. The SMILES string of the molecule is CN1CCN(CCNC(=O)N(CCN2CCOCC2)c2nc3ccc(Sc4nnc5ccc(-c6ccc(F)cc6)nn45)cc3s2)CC1. The highest BCUT2D eigenvalue weighted by Gasteiger charge is 2.23. The summed E-state index contributed by atoms with van der Waals surface area (Å²) in [5.74, 6) is -0.293. The number of anilines is 1. The van der Waals surface area contributed by atoms with E-state index in [9.17, 15) is 9.18 Å². The third kappa shape index (κ3) is 7.71. The molecule has 47 heavy (non-hydrogen) atoms. The van der Waals surface area contributed by atoms with E-state index >= 15 is 0 Å². The number of urea groups is 1. The molecule has 2 aliphatic rings. The van der Waals surface area contributed by atoms with Crippen molar-refractivity contribution in [3.63, 3.8) is 0 Å². The second-order valence-electron chi connectivity index (χ2n) is 11.7. The highest BCUT2D eigenvalue weighted by atomic mass is 32.2. The Morgan fingerprint density at radius 3 is 2.57 bits per heavy atom. The molecule has 0 saturated carbocycles. The van der Waals surface area contributed by atoms with Gasteiger partial charge in [0.05, 0.1) is 29.1 Å². The van der Waals surface area contributed by atoms with Gasteiger partial charge in [0, 0.05) is 75.9 Å². The van der Waals surface area contributed by atoms with Gasteiger partial charge in [0.15, 0.2) is 10.8 Å². The minimum atomic E-state index is -0.293. The van der Waals surface area contributed by atoms with Crippen molar-refractivity contribution in [2.45, 2.75) is 10.1 Å². The summed E-state index contributed by atoms with van der Waals surface area (Å²) >= 11 is 2.96. The number of amides is 2. The first-order valence-electron chi connectivity index (χ1n) is 15.8. The van der Waals surface area contributed by atoms with E-state index in [0.29, 0.717) is 47.9 Å². The Labute approximate surface area is 280 Å². The van der Waals surface area contributed by atoms with Gasteiger partial charge in [-0.3, -0.25) is 14.7 Å². The van der Waals surface area contributed by atoms with Gasteiger partial charge in [0.2, 0.25) is 5.16 Å². The van der Waals surface area contributed by atoms with Crippen molar-refractivity contribution in [1.82, 2.24) is 44.8 Å². The number of aromatic nitrogens is 5. The van der Waals surface area contributed by atoms with Gasteiger partial charge >= 0.3 is 6.03 Å². The number of fused-ring (bicyclic) bond motifs is 2. The van der Waals surface area contributed by atoms with Gasteiger partial charge in [-0.15, -0.1) is 10.2 Å². The molecule has 3 aromatic heterocycles. The summed E-state index contributed by atoms with van der Waals surface area (Å²) in [6.07, 6.45) is 0. The van der Waals surface area contributed by atoms with Crippen molar-refractivity contribution in [1.29, 1.82) is 0 Å². The molecule has 0 aliphatic carbocycles. The van der Waals surface area contributed by atoms with E-state index < -0.39 is 0 Å². The molecular weight excluding hydrogens is 640 g/mol. The number of nitrogens with one attached hydrogen (secondary N) is 1. The average molecular weight is 677 g/mol. The fourth-order valence-corrected chi connectivity index (χ4v) is 7.55. The van der Waals surface area contributed by atoms with Gasteiger partial charge in [-0.1, -0.05) is 11.3 Å². The van der Waals surface area contributed by atoms with E-state index in [1.807, 2.05) is 24.3 Å². The molecule has 2 saturated heterocycles. The second-order valence-corrected chi connectivity index (χ2v) is 13.7. The van der Waals surface area contributed by atoms with Gasteiger partial charge in [-0.2, -0.15) is 9.61 Å². The molecular formula is C32H37FN10O2S2. The van der Waals surface area contributed by atoms with E-state index in [4.69, 9.17) is 14.8 Å². The number of benzene rings is 2. The summed E-state index contributed by atoms with van der Waals surface area (Å²) in [7, 11) is 2.14. The van der Waals surface area contributed by atoms with Crippen molar-refractivity contribution in [2.75, 3.05) is 90.6 Å². The number of nitrogens with zero attached hydrogens (tertiary/aromatic N) is 9. The zero-order chi connectivity index (χ0) is 32.2. The molecule has 12 nitrogen and oxygen atoms in total. The van der Waals surface area contributed by atoms with E-state index in [2.05, 4.69) is 43.3 Å². The number of hydrogen-bond donors (Lipinski definition) is 1. The molecule has 0 radical (unpaired) electrons. The molecule has 0 bridgehead atoms. The Balaban J connectivity index is 1.08. The number of carbonyl (C=O) groups is 1. The molecule has 7 rings (SSSR count). The normalized spacial score (nSPS) is 16.6. The number of likely N-dealkylation sites (N-methyl/N-ethyl adjacent to an activating group) is 1. The smallest absolute Gasteiger partial charge is 0.323 e. The fourth-order valence-electron chi connectivity index (χ4n) is 5.62. The van der Waals surface area contributed by atoms with Crippen LogP contribution in [0.5, 0.6) is 0 Å². The van der Waals surface area contributed by atoms with Gasteiger partial charge < -0.3 is 15.0 Å². The predicted molar refractivity (Wildman–Crippen MR) is 182 cm³/mol. The number of halogens is 1. The molecule has 2 aromatic carbocycles. The van der Waals surface area contributed by atoms with Crippen molar-refractivity contribution in [2.24, 2.45) is 0 Å². The minimum absolute atomic E-state index is 0.126. The number of carbonyl (C=O) groups excluding carboxylic acids is 1. The minimum Gasteiger partial charge on any atom is -0.379 e. The molecule has 5 heterocycles. The first-order valence-corrected chi connectivity index (χ1v) is 17.4. The van der Waals surface area contributed by atoms with E-state index in [1.54, 1.807) is 21.5 Å². The molecule has 2 amide bonds. The van der Waals surface area contributed by atoms with Crippen molar-refractivity contribution in [3.05, 3.63) is 60.4 Å². The van der Waals surface area contributed by atoms with Crippen LogP contribution in [0.2, 0.25) is 0 Å². The van der Waals surface area contributed by atoms with Crippen LogP contribution in [0, 0.1) is 5.82 Å². The molecule has 0 unspecified atom stereocenters. The maximum absolute atomic E-state index is 13.6. The van der Waals surface area contributed by atoms with Gasteiger partial charge in [-0.25, -0.2) is 14.2 Å². The lowest BCUT2D eigenvalue weighted by Crippen LogP contribution is -2.49. The van der Waals surface area contributed by atoms with Crippen molar-refractivity contribution < 1.29 is 13.9 Å². The average Bonchev–Trinajstić information content (AvgIpc) is 3.70. The quantitative estimate of drug-likeness (QED) is 0.235. The molecule has 0 atom stereocenters. The van der Waals surface area contributed by atoms with Crippen LogP contribution in [0.1, 0.15) is 0 Å².